The van der Waals surface area contributed by atoms with Crippen molar-refractivity contribution in [1.82, 2.24) is 4.72 Å². The number of rotatable bonds is 6. The van der Waals surface area contributed by atoms with E-state index in [2.05, 4.69) is 0 Å². The van der Waals surface area contributed by atoms with E-state index < -0.39 is 27.5 Å². The summed E-state index contributed by atoms with van der Waals surface area (Å²) in [6.45, 7) is 0.928. The molecule has 1 aromatic rings. The van der Waals surface area contributed by atoms with Crippen LogP contribution in [0.3, 0.4) is 0 Å². The van der Waals surface area contributed by atoms with E-state index in [0.717, 1.165) is 36.8 Å². The summed E-state index contributed by atoms with van der Waals surface area (Å²) < 4.78 is 71.0. The van der Waals surface area contributed by atoms with Crippen molar-refractivity contribution >= 4 is 16.0 Å². The van der Waals surface area contributed by atoms with E-state index in [1.54, 1.807) is 6.07 Å². The Kier molecular flexibility index (Phi) is 6.17. The Hall–Kier alpha value is -1.81. The third kappa shape index (κ3) is 4.67. The number of halogens is 3. The summed E-state index contributed by atoms with van der Waals surface area (Å²) in [6.07, 6.45) is 3.40. The molecule has 146 valence electrons. The van der Waals surface area contributed by atoms with E-state index in [1.165, 1.54) is 24.8 Å². The van der Waals surface area contributed by atoms with Crippen LogP contribution in [0, 0.1) is 0 Å². The molecule has 1 aromatic carbocycles. The number of hydrogen-bond acceptors (Lipinski definition) is 5. The highest BCUT2D eigenvalue weighted by Gasteiger charge is 2.46. The molecule has 1 aliphatic rings. The van der Waals surface area contributed by atoms with E-state index >= 15 is 0 Å². The fourth-order valence-corrected chi connectivity index (χ4v) is 3.53. The van der Waals surface area contributed by atoms with Gasteiger partial charge in [-0.15, -0.1) is 0 Å². The first-order valence-electron chi connectivity index (χ1n) is 8.00. The molecule has 0 aromatic heterocycles. The van der Waals surface area contributed by atoms with Gasteiger partial charge in [-0.3, -0.25) is 0 Å². The van der Waals surface area contributed by atoms with Gasteiger partial charge in [-0.05, 0) is 55.9 Å². The molecule has 0 saturated carbocycles. The monoisotopic (exact) mass is 395 g/mol. The Labute approximate surface area is 149 Å². The molecule has 2 rings (SSSR count). The number of methoxy groups -OCH3 is 1. The zero-order chi connectivity index (χ0) is 19.5. The molecule has 0 heterocycles. The first-order chi connectivity index (χ1) is 12.0. The van der Waals surface area contributed by atoms with Crippen molar-refractivity contribution in [3.63, 3.8) is 0 Å². The van der Waals surface area contributed by atoms with Gasteiger partial charge in [0.1, 0.15) is 12.4 Å². The predicted molar refractivity (Wildman–Crippen MR) is 87.5 cm³/mol. The molecule has 0 spiro atoms. The number of benzene rings is 1. The van der Waals surface area contributed by atoms with Crippen molar-refractivity contribution in [2.24, 2.45) is 0 Å². The number of carbonyl (C=O) groups is 1. The quantitative estimate of drug-likeness (QED) is 0.749. The largest absolute Gasteiger partial charge is 0.511 e. The standard InChI is InChI=1S/C16H20F3NO5S/c1-10(20-26(22,23)16(17,18)19)9-25-12-7-11-5-3-4-6-13(11)14(8-12)15(21)24-2/h7-8,10,20H,3-6,9H2,1-2H3/t10-/m0/s1. The van der Waals surface area contributed by atoms with Gasteiger partial charge in [0.15, 0.2) is 0 Å². The predicted octanol–water partition coefficient (Wildman–Crippen LogP) is 2.56. The molecule has 1 N–H and O–H groups in total. The minimum Gasteiger partial charge on any atom is -0.492 e. The highest BCUT2D eigenvalue weighted by Crippen LogP contribution is 2.30. The number of alkyl halides is 3. The molecule has 0 unspecified atom stereocenters. The summed E-state index contributed by atoms with van der Waals surface area (Å²) in [4.78, 5) is 12.0. The van der Waals surface area contributed by atoms with Crippen LogP contribution in [0.15, 0.2) is 12.1 Å². The lowest BCUT2D eigenvalue weighted by Crippen LogP contribution is -2.43. The molecule has 1 aliphatic carbocycles. The Morgan fingerprint density at radius 3 is 2.54 bits per heavy atom. The molecule has 1 atom stereocenters. The molecular weight excluding hydrogens is 375 g/mol. The summed E-state index contributed by atoms with van der Waals surface area (Å²) in [6, 6.07) is 2.09. The van der Waals surface area contributed by atoms with Gasteiger partial charge in [0.25, 0.3) is 0 Å². The fourth-order valence-electron chi connectivity index (χ4n) is 2.80. The zero-order valence-corrected chi connectivity index (χ0v) is 15.2. The summed E-state index contributed by atoms with van der Waals surface area (Å²) in [7, 11) is -4.18. The van der Waals surface area contributed by atoms with Crippen LogP contribution >= 0.6 is 0 Å². The van der Waals surface area contributed by atoms with E-state index in [0.29, 0.717) is 5.56 Å². The van der Waals surface area contributed by atoms with Gasteiger partial charge in [-0.1, -0.05) is 0 Å². The second kappa shape index (κ2) is 7.83. The van der Waals surface area contributed by atoms with Crippen LogP contribution in [0.1, 0.15) is 41.3 Å². The van der Waals surface area contributed by atoms with Crippen LogP contribution in [-0.4, -0.2) is 39.7 Å². The number of nitrogens with one attached hydrogen (secondary N) is 1. The van der Waals surface area contributed by atoms with Gasteiger partial charge in [0.2, 0.25) is 0 Å². The summed E-state index contributed by atoms with van der Waals surface area (Å²) >= 11 is 0. The SMILES string of the molecule is COC(=O)c1cc(OC[C@H](C)NS(=O)(=O)C(F)(F)F)cc2c1CCCC2. The van der Waals surface area contributed by atoms with E-state index in [1.807, 2.05) is 0 Å². The number of esters is 1. The molecule has 0 aliphatic heterocycles. The lowest BCUT2D eigenvalue weighted by atomic mass is 9.88. The number of ether oxygens (including phenoxy) is 2. The summed E-state index contributed by atoms with van der Waals surface area (Å²) in [5.74, 6) is -0.233. The Bertz CT molecular complexity index is 777. The normalized spacial score (nSPS) is 15.9. The van der Waals surface area contributed by atoms with Crippen molar-refractivity contribution in [2.45, 2.75) is 44.2 Å². The van der Waals surface area contributed by atoms with Crippen molar-refractivity contribution in [2.75, 3.05) is 13.7 Å². The van der Waals surface area contributed by atoms with Gasteiger partial charge in [0.05, 0.1) is 18.7 Å². The minimum absolute atomic E-state index is 0.282. The fraction of sp³-hybridized carbons (Fsp3) is 0.562. The van der Waals surface area contributed by atoms with Crippen molar-refractivity contribution in [3.8, 4) is 5.75 Å². The molecule has 0 amide bonds. The van der Waals surface area contributed by atoms with Crippen molar-refractivity contribution in [1.29, 1.82) is 0 Å². The van der Waals surface area contributed by atoms with Gasteiger partial charge >= 0.3 is 21.5 Å². The van der Waals surface area contributed by atoms with Gasteiger partial charge in [0, 0.05) is 0 Å². The van der Waals surface area contributed by atoms with Crippen LogP contribution in [0.25, 0.3) is 0 Å². The highest BCUT2D eigenvalue weighted by molar-refractivity contribution is 7.90. The molecule has 0 fully saturated rings. The zero-order valence-electron chi connectivity index (χ0n) is 14.4. The van der Waals surface area contributed by atoms with Crippen LogP contribution in [0.2, 0.25) is 0 Å². The van der Waals surface area contributed by atoms with Crippen LogP contribution in [0.4, 0.5) is 13.2 Å². The number of fused-ring (bicyclic) bond motifs is 1. The molecule has 6 nitrogen and oxygen atoms in total. The molecule has 26 heavy (non-hydrogen) atoms. The number of carbonyl (C=O) groups excluding carboxylic acids is 1. The first kappa shape index (κ1) is 20.5. The Morgan fingerprint density at radius 2 is 1.92 bits per heavy atom. The lowest BCUT2D eigenvalue weighted by molar-refractivity contribution is -0.0451. The number of hydrogen-bond donors (Lipinski definition) is 1. The second-order valence-corrected chi connectivity index (χ2v) is 7.79. The molecule has 10 heteroatoms. The number of aryl methyl sites for hydroxylation is 1. The third-order valence-corrected chi connectivity index (χ3v) is 5.33. The minimum atomic E-state index is -5.45. The average Bonchev–Trinajstić information content (AvgIpc) is 2.57. The summed E-state index contributed by atoms with van der Waals surface area (Å²) in [5.41, 5.74) is -3.20. The average molecular weight is 395 g/mol. The molecule has 0 radical (unpaired) electrons. The maximum Gasteiger partial charge on any atom is 0.511 e. The molecular formula is C16H20F3NO5S. The van der Waals surface area contributed by atoms with Crippen LogP contribution in [0.5, 0.6) is 5.75 Å². The third-order valence-electron chi connectivity index (χ3n) is 4.01. The van der Waals surface area contributed by atoms with Crippen molar-refractivity contribution < 1.29 is 35.9 Å². The van der Waals surface area contributed by atoms with E-state index in [-0.39, 0.29) is 12.4 Å². The van der Waals surface area contributed by atoms with Crippen molar-refractivity contribution in [3.05, 3.63) is 28.8 Å². The maximum atomic E-state index is 12.4. The van der Waals surface area contributed by atoms with Crippen LogP contribution < -0.4 is 9.46 Å². The van der Waals surface area contributed by atoms with E-state index in [4.69, 9.17) is 9.47 Å². The first-order valence-corrected chi connectivity index (χ1v) is 9.49. The smallest absolute Gasteiger partial charge is 0.492 e. The molecule has 0 saturated heterocycles. The number of sulfonamides is 1. The topological polar surface area (TPSA) is 81.7 Å². The molecule has 0 bridgehead atoms. The Balaban J connectivity index is 2.13. The lowest BCUT2D eigenvalue weighted by Gasteiger charge is -2.21. The Morgan fingerprint density at radius 1 is 1.27 bits per heavy atom. The summed E-state index contributed by atoms with van der Waals surface area (Å²) in [5, 5.41) is 0. The highest BCUT2D eigenvalue weighted by atomic mass is 32.2. The van der Waals surface area contributed by atoms with Crippen LogP contribution in [-0.2, 0) is 27.6 Å². The van der Waals surface area contributed by atoms with E-state index in [9.17, 15) is 26.4 Å². The van der Waals surface area contributed by atoms with Gasteiger partial charge in [-0.25, -0.2) is 17.9 Å². The second-order valence-electron chi connectivity index (χ2n) is 6.09. The maximum absolute atomic E-state index is 12.4. The van der Waals surface area contributed by atoms with Gasteiger partial charge in [-0.2, -0.15) is 13.2 Å². The van der Waals surface area contributed by atoms with Gasteiger partial charge < -0.3 is 9.47 Å².